The van der Waals surface area contributed by atoms with Gasteiger partial charge in [0, 0.05) is 44.1 Å². The third kappa shape index (κ3) is 3.68. The van der Waals surface area contributed by atoms with Crippen LogP contribution in [0.5, 0.6) is 5.88 Å². The molecule has 1 aromatic heterocycles. The average Bonchev–Trinajstić information content (AvgIpc) is 2.73. The molecule has 0 spiro atoms. The van der Waals surface area contributed by atoms with Crippen LogP contribution in [0.25, 0.3) is 0 Å². The average molecular weight is 382 g/mol. The largest absolute Gasteiger partial charge is 0.481 e. The van der Waals surface area contributed by atoms with Crippen molar-refractivity contribution in [3.8, 4) is 5.88 Å². The molecule has 2 aliphatic heterocycles. The molecule has 1 atom stereocenters. The smallest absolute Gasteiger partial charge is 0.318 e. The van der Waals surface area contributed by atoms with Gasteiger partial charge in [-0.15, -0.1) is 0 Å². The van der Waals surface area contributed by atoms with E-state index >= 15 is 0 Å². The fourth-order valence-electron chi connectivity index (χ4n) is 3.49. The number of benzene rings is 1. The first-order chi connectivity index (χ1) is 13.6. The lowest BCUT2D eigenvalue weighted by Crippen LogP contribution is -2.53. The van der Waals surface area contributed by atoms with E-state index in [2.05, 4.69) is 20.6 Å². The van der Waals surface area contributed by atoms with E-state index in [1.807, 2.05) is 29.2 Å². The number of aromatic nitrogens is 2. The second kappa shape index (κ2) is 7.71. The molecule has 3 amide bonds. The van der Waals surface area contributed by atoms with Gasteiger partial charge >= 0.3 is 6.03 Å². The maximum atomic E-state index is 12.7. The minimum atomic E-state index is -0.322. The molecule has 3 heterocycles. The number of anilines is 2. The van der Waals surface area contributed by atoms with Crippen molar-refractivity contribution in [2.24, 2.45) is 0 Å². The van der Waals surface area contributed by atoms with Crippen molar-refractivity contribution in [2.45, 2.75) is 12.5 Å². The van der Waals surface area contributed by atoms with E-state index in [1.165, 1.54) is 0 Å². The Bertz CT molecular complexity index is 881. The van der Waals surface area contributed by atoms with Crippen LogP contribution in [0.15, 0.2) is 36.5 Å². The van der Waals surface area contributed by atoms with Crippen LogP contribution in [0.4, 0.5) is 16.4 Å². The number of para-hydroxylation sites is 1. The van der Waals surface area contributed by atoms with Crippen molar-refractivity contribution in [3.05, 3.63) is 42.1 Å². The summed E-state index contributed by atoms with van der Waals surface area (Å²) in [7, 11) is 1.57. The maximum absolute atomic E-state index is 12.7. The van der Waals surface area contributed by atoms with E-state index in [1.54, 1.807) is 24.3 Å². The van der Waals surface area contributed by atoms with Crippen molar-refractivity contribution < 1.29 is 14.3 Å². The molecule has 2 aromatic rings. The summed E-state index contributed by atoms with van der Waals surface area (Å²) in [6.07, 6.45) is 1.90. The summed E-state index contributed by atoms with van der Waals surface area (Å²) in [5.74, 6) is 1.01. The number of amides is 3. The van der Waals surface area contributed by atoms with E-state index in [9.17, 15) is 9.59 Å². The zero-order chi connectivity index (χ0) is 19.5. The Morgan fingerprint density at radius 3 is 2.79 bits per heavy atom. The molecule has 0 radical (unpaired) electrons. The first-order valence-corrected chi connectivity index (χ1v) is 9.20. The number of carbonyl (C=O) groups excluding carboxylic acids is 2. The van der Waals surface area contributed by atoms with Gasteiger partial charge in [-0.25, -0.2) is 9.78 Å². The molecule has 1 unspecified atom stereocenters. The molecule has 0 saturated carbocycles. The third-order valence-electron chi connectivity index (χ3n) is 4.97. The lowest BCUT2D eigenvalue weighted by atomic mass is 9.97. The van der Waals surface area contributed by atoms with Crippen LogP contribution in [0.2, 0.25) is 0 Å². The Hall–Kier alpha value is -3.36. The molecule has 1 fully saturated rings. The maximum Gasteiger partial charge on any atom is 0.318 e. The third-order valence-corrected chi connectivity index (χ3v) is 4.97. The standard InChI is InChI=1S/C19H22N6O3/c1-28-17-6-7-20-18(23-17)24-8-10-25(11-9-24)19(27)22-15-12-16(26)21-14-5-3-2-4-13(14)15/h2-7,15H,8-12H2,1H3,(H,21,26)(H,22,27). The van der Waals surface area contributed by atoms with Crippen LogP contribution >= 0.6 is 0 Å². The summed E-state index contributed by atoms with van der Waals surface area (Å²) in [6, 6.07) is 8.76. The molecule has 4 rings (SSSR count). The summed E-state index contributed by atoms with van der Waals surface area (Å²) in [6.45, 7) is 2.35. The van der Waals surface area contributed by atoms with Crippen LogP contribution in [0.1, 0.15) is 18.0 Å². The summed E-state index contributed by atoms with van der Waals surface area (Å²) in [5, 5.41) is 5.85. The first-order valence-electron chi connectivity index (χ1n) is 9.20. The molecule has 2 aliphatic rings. The molecule has 2 N–H and O–H groups in total. The zero-order valence-electron chi connectivity index (χ0n) is 15.6. The SMILES string of the molecule is COc1ccnc(N2CCN(C(=O)NC3CC(=O)Nc4ccccc43)CC2)n1. The van der Waals surface area contributed by atoms with Gasteiger partial charge in [0.05, 0.1) is 19.6 Å². The summed E-state index contributed by atoms with van der Waals surface area (Å²) in [5.41, 5.74) is 1.68. The number of hydrogen-bond donors (Lipinski definition) is 2. The highest BCUT2D eigenvalue weighted by Gasteiger charge is 2.29. The van der Waals surface area contributed by atoms with Gasteiger partial charge in [-0.3, -0.25) is 4.79 Å². The van der Waals surface area contributed by atoms with Crippen molar-refractivity contribution in [2.75, 3.05) is 43.5 Å². The summed E-state index contributed by atoms with van der Waals surface area (Å²) >= 11 is 0. The predicted molar refractivity (Wildman–Crippen MR) is 103 cm³/mol. The molecule has 9 nitrogen and oxygen atoms in total. The van der Waals surface area contributed by atoms with Gasteiger partial charge in [-0.1, -0.05) is 18.2 Å². The molecular formula is C19H22N6O3. The first kappa shape index (κ1) is 18.0. The van der Waals surface area contributed by atoms with E-state index in [4.69, 9.17) is 4.74 Å². The van der Waals surface area contributed by atoms with Crippen LogP contribution in [-0.2, 0) is 4.79 Å². The molecule has 1 saturated heterocycles. The van der Waals surface area contributed by atoms with Gasteiger partial charge in [-0.2, -0.15) is 4.98 Å². The Balaban J connectivity index is 1.38. The molecule has 9 heteroatoms. The number of fused-ring (bicyclic) bond motifs is 1. The molecule has 146 valence electrons. The van der Waals surface area contributed by atoms with Crippen LogP contribution in [-0.4, -0.2) is 60.1 Å². The van der Waals surface area contributed by atoms with E-state index in [0.717, 1.165) is 11.3 Å². The van der Waals surface area contributed by atoms with Gasteiger partial charge in [0.15, 0.2) is 0 Å². The minimum Gasteiger partial charge on any atom is -0.481 e. The summed E-state index contributed by atoms with van der Waals surface area (Å²) < 4.78 is 5.14. The van der Waals surface area contributed by atoms with Crippen molar-refractivity contribution in [1.82, 2.24) is 20.2 Å². The second-order valence-corrected chi connectivity index (χ2v) is 6.71. The predicted octanol–water partition coefficient (Wildman–Crippen LogP) is 1.40. The Labute approximate surface area is 162 Å². The highest BCUT2D eigenvalue weighted by molar-refractivity contribution is 5.95. The van der Waals surface area contributed by atoms with Gasteiger partial charge in [0.25, 0.3) is 0 Å². The quantitative estimate of drug-likeness (QED) is 0.832. The van der Waals surface area contributed by atoms with Gasteiger partial charge in [-0.05, 0) is 11.6 Å². The fraction of sp³-hybridized carbons (Fsp3) is 0.368. The number of ether oxygens (including phenoxy) is 1. The van der Waals surface area contributed by atoms with E-state index in [-0.39, 0.29) is 24.4 Å². The van der Waals surface area contributed by atoms with Crippen LogP contribution in [0.3, 0.4) is 0 Å². The molecule has 28 heavy (non-hydrogen) atoms. The van der Waals surface area contributed by atoms with Crippen molar-refractivity contribution in [3.63, 3.8) is 0 Å². The molecule has 0 aliphatic carbocycles. The van der Waals surface area contributed by atoms with Crippen molar-refractivity contribution in [1.29, 1.82) is 0 Å². The van der Waals surface area contributed by atoms with Gasteiger partial charge in [0.1, 0.15) is 0 Å². The Morgan fingerprint density at radius 2 is 2.00 bits per heavy atom. The lowest BCUT2D eigenvalue weighted by Gasteiger charge is -2.36. The zero-order valence-corrected chi connectivity index (χ0v) is 15.6. The van der Waals surface area contributed by atoms with E-state index in [0.29, 0.717) is 38.0 Å². The van der Waals surface area contributed by atoms with Crippen molar-refractivity contribution >= 4 is 23.6 Å². The number of rotatable bonds is 3. The van der Waals surface area contributed by atoms with Crippen LogP contribution < -0.4 is 20.3 Å². The lowest BCUT2D eigenvalue weighted by molar-refractivity contribution is -0.116. The van der Waals surface area contributed by atoms with Crippen LogP contribution in [0, 0.1) is 0 Å². The number of nitrogens with one attached hydrogen (secondary N) is 2. The topological polar surface area (TPSA) is 99.7 Å². The Kier molecular flexibility index (Phi) is 4.96. The normalized spacial score (nSPS) is 18.9. The van der Waals surface area contributed by atoms with Gasteiger partial charge in [0.2, 0.25) is 17.7 Å². The summed E-state index contributed by atoms with van der Waals surface area (Å²) in [4.78, 5) is 37.1. The second-order valence-electron chi connectivity index (χ2n) is 6.71. The molecule has 0 bridgehead atoms. The number of carbonyl (C=O) groups is 2. The number of urea groups is 1. The number of nitrogens with zero attached hydrogens (tertiary/aromatic N) is 4. The van der Waals surface area contributed by atoms with Gasteiger partial charge < -0.3 is 25.2 Å². The minimum absolute atomic E-state index is 0.0935. The monoisotopic (exact) mass is 382 g/mol. The van der Waals surface area contributed by atoms with E-state index < -0.39 is 0 Å². The highest BCUT2D eigenvalue weighted by Crippen LogP contribution is 2.30. The number of methoxy groups -OCH3 is 1. The highest BCUT2D eigenvalue weighted by atomic mass is 16.5. The number of hydrogen-bond acceptors (Lipinski definition) is 6. The molecular weight excluding hydrogens is 360 g/mol. The fourth-order valence-corrected chi connectivity index (χ4v) is 3.49. The Morgan fingerprint density at radius 1 is 1.21 bits per heavy atom. The number of piperazine rings is 1. The molecule has 1 aromatic carbocycles.